The van der Waals surface area contributed by atoms with Crippen LogP contribution in [0.3, 0.4) is 0 Å². The number of sulfone groups is 1. The van der Waals surface area contributed by atoms with Crippen LogP contribution >= 0.6 is 0 Å². The second-order valence-electron chi connectivity index (χ2n) is 4.84. The van der Waals surface area contributed by atoms with Gasteiger partial charge in [-0.25, -0.2) is 8.42 Å². The van der Waals surface area contributed by atoms with Gasteiger partial charge < -0.3 is 10.4 Å². The van der Waals surface area contributed by atoms with E-state index in [0.717, 1.165) is 5.56 Å². The zero-order valence-electron chi connectivity index (χ0n) is 10.8. The van der Waals surface area contributed by atoms with Gasteiger partial charge in [0.1, 0.15) is 5.75 Å². The van der Waals surface area contributed by atoms with Crippen LogP contribution in [-0.2, 0) is 9.84 Å². The van der Waals surface area contributed by atoms with Gasteiger partial charge in [-0.2, -0.15) is 0 Å². The van der Waals surface area contributed by atoms with Crippen LogP contribution in [0.4, 0.5) is 0 Å². The van der Waals surface area contributed by atoms with Crippen molar-refractivity contribution in [1.29, 1.82) is 0 Å². The SMILES string of the molecule is O=S1(=O)CCNC(c2ccccc2)c2ccc(O)cc21. The molecular weight excluding hydrogens is 274 g/mol. The van der Waals surface area contributed by atoms with Crippen molar-refractivity contribution < 1.29 is 13.5 Å². The summed E-state index contributed by atoms with van der Waals surface area (Å²) in [5.41, 5.74) is 1.70. The molecule has 0 saturated carbocycles. The average Bonchev–Trinajstić information content (AvgIpc) is 2.57. The first kappa shape index (κ1) is 13.1. The van der Waals surface area contributed by atoms with E-state index >= 15 is 0 Å². The molecule has 1 heterocycles. The molecule has 5 heteroatoms. The van der Waals surface area contributed by atoms with E-state index in [1.54, 1.807) is 6.07 Å². The molecule has 1 aliphatic heterocycles. The van der Waals surface area contributed by atoms with Gasteiger partial charge in [0.25, 0.3) is 0 Å². The second kappa shape index (κ2) is 4.92. The van der Waals surface area contributed by atoms with Crippen LogP contribution in [0.1, 0.15) is 17.2 Å². The Bertz CT molecular complexity index is 726. The Morgan fingerprint density at radius 1 is 1.10 bits per heavy atom. The molecule has 104 valence electrons. The Morgan fingerprint density at radius 2 is 1.85 bits per heavy atom. The van der Waals surface area contributed by atoms with E-state index in [9.17, 15) is 13.5 Å². The van der Waals surface area contributed by atoms with Gasteiger partial charge in [-0.1, -0.05) is 36.4 Å². The Kier molecular flexibility index (Phi) is 3.23. The molecule has 2 aromatic rings. The predicted octanol–water partition coefficient (Wildman–Crippen LogP) is 1.86. The molecule has 0 aliphatic carbocycles. The Labute approximate surface area is 118 Å². The van der Waals surface area contributed by atoms with E-state index in [2.05, 4.69) is 5.32 Å². The molecule has 1 unspecified atom stereocenters. The molecular formula is C15H15NO3S. The molecule has 1 atom stereocenters. The summed E-state index contributed by atoms with van der Waals surface area (Å²) in [4.78, 5) is 0.219. The fourth-order valence-electron chi connectivity index (χ4n) is 2.53. The van der Waals surface area contributed by atoms with Gasteiger partial charge in [0.05, 0.1) is 16.7 Å². The third kappa shape index (κ3) is 2.30. The van der Waals surface area contributed by atoms with E-state index in [1.165, 1.54) is 12.1 Å². The minimum atomic E-state index is -3.36. The lowest BCUT2D eigenvalue weighted by molar-refractivity contribution is 0.472. The molecule has 2 N–H and O–H groups in total. The van der Waals surface area contributed by atoms with Crippen LogP contribution < -0.4 is 5.32 Å². The summed E-state index contributed by atoms with van der Waals surface area (Å²) in [6.45, 7) is 0.386. The fourth-order valence-corrected chi connectivity index (χ4v) is 3.98. The van der Waals surface area contributed by atoms with Crippen molar-refractivity contribution in [2.75, 3.05) is 12.3 Å². The average molecular weight is 289 g/mol. The summed E-state index contributed by atoms with van der Waals surface area (Å²) in [6.07, 6.45) is 0. The number of hydrogen-bond acceptors (Lipinski definition) is 4. The van der Waals surface area contributed by atoms with Gasteiger partial charge in [-0.3, -0.25) is 0 Å². The molecule has 0 radical (unpaired) electrons. The number of aromatic hydroxyl groups is 1. The maximum Gasteiger partial charge on any atom is 0.180 e. The van der Waals surface area contributed by atoms with Crippen LogP contribution in [0.25, 0.3) is 0 Å². The smallest absolute Gasteiger partial charge is 0.180 e. The lowest BCUT2D eigenvalue weighted by atomic mass is 9.98. The number of nitrogens with one attached hydrogen (secondary N) is 1. The molecule has 0 aromatic heterocycles. The number of hydrogen-bond donors (Lipinski definition) is 2. The topological polar surface area (TPSA) is 66.4 Å². The summed E-state index contributed by atoms with van der Waals surface area (Å²) < 4.78 is 24.5. The Morgan fingerprint density at radius 3 is 2.60 bits per heavy atom. The molecule has 0 fully saturated rings. The third-order valence-corrected chi connectivity index (χ3v) is 5.26. The van der Waals surface area contributed by atoms with E-state index in [-0.39, 0.29) is 22.4 Å². The lowest BCUT2D eigenvalue weighted by Crippen LogP contribution is -2.23. The Hall–Kier alpha value is -1.85. The van der Waals surface area contributed by atoms with Crippen LogP contribution in [0.5, 0.6) is 5.75 Å². The van der Waals surface area contributed by atoms with Gasteiger partial charge in [-0.05, 0) is 23.3 Å². The molecule has 0 amide bonds. The minimum absolute atomic E-state index is 0.0268. The predicted molar refractivity (Wildman–Crippen MR) is 76.4 cm³/mol. The summed E-state index contributed by atoms with van der Waals surface area (Å²) >= 11 is 0. The minimum Gasteiger partial charge on any atom is -0.508 e. The van der Waals surface area contributed by atoms with Gasteiger partial charge in [-0.15, -0.1) is 0 Å². The summed E-state index contributed by atoms with van der Waals surface area (Å²) in [5, 5.41) is 12.9. The summed E-state index contributed by atoms with van der Waals surface area (Å²) in [5.74, 6) is 0.00769. The normalized spacial score (nSPS) is 20.9. The zero-order valence-corrected chi connectivity index (χ0v) is 11.6. The number of phenolic OH excluding ortho intramolecular Hbond substituents is 1. The molecule has 2 aromatic carbocycles. The quantitative estimate of drug-likeness (QED) is 0.841. The van der Waals surface area contributed by atoms with Gasteiger partial charge in [0.2, 0.25) is 0 Å². The van der Waals surface area contributed by atoms with Crippen molar-refractivity contribution in [1.82, 2.24) is 5.32 Å². The number of rotatable bonds is 1. The van der Waals surface area contributed by atoms with Crippen molar-refractivity contribution >= 4 is 9.84 Å². The molecule has 1 aliphatic rings. The van der Waals surface area contributed by atoms with E-state index in [1.807, 2.05) is 30.3 Å². The standard InChI is InChI=1S/C15H15NO3S/c17-12-6-7-13-14(10-12)20(18,19)9-8-16-15(13)11-4-2-1-3-5-11/h1-7,10,15-17H,8-9H2. The van der Waals surface area contributed by atoms with Crippen LogP contribution in [0.15, 0.2) is 53.4 Å². The summed E-state index contributed by atoms with van der Waals surface area (Å²) in [7, 11) is -3.36. The number of phenols is 1. The first-order valence-electron chi connectivity index (χ1n) is 6.42. The van der Waals surface area contributed by atoms with Gasteiger partial charge >= 0.3 is 0 Å². The van der Waals surface area contributed by atoms with Gasteiger partial charge in [0, 0.05) is 6.54 Å². The van der Waals surface area contributed by atoms with E-state index in [0.29, 0.717) is 12.1 Å². The highest BCUT2D eigenvalue weighted by Crippen LogP contribution is 2.32. The van der Waals surface area contributed by atoms with E-state index < -0.39 is 9.84 Å². The third-order valence-electron chi connectivity index (χ3n) is 3.50. The molecule has 0 spiro atoms. The van der Waals surface area contributed by atoms with Crippen molar-refractivity contribution in [3.05, 3.63) is 59.7 Å². The number of benzene rings is 2. The molecule has 20 heavy (non-hydrogen) atoms. The molecule has 0 bridgehead atoms. The van der Waals surface area contributed by atoms with Gasteiger partial charge in [0.15, 0.2) is 9.84 Å². The van der Waals surface area contributed by atoms with Crippen LogP contribution in [0.2, 0.25) is 0 Å². The molecule has 4 nitrogen and oxygen atoms in total. The first-order valence-corrected chi connectivity index (χ1v) is 8.07. The highest BCUT2D eigenvalue weighted by atomic mass is 32.2. The fraction of sp³-hybridized carbons (Fsp3) is 0.200. The van der Waals surface area contributed by atoms with Crippen LogP contribution in [-0.4, -0.2) is 25.8 Å². The summed E-state index contributed by atoms with van der Waals surface area (Å²) in [6, 6.07) is 14.1. The monoisotopic (exact) mass is 289 g/mol. The van der Waals surface area contributed by atoms with E-state index in [4.69, 9.17) is 0 Å². The number of fused-ring (bicyclic) bond motifs is 1. The molecule has 0 saturated heterocycles. The Balaban J connectivity index is 2.20. The maximum absolute atomic E-state index is 12.3. The van der Waals surface area contributed by atoms with Crippen molar-refractivity contribution in [2.45, 2.75) is 10.9 Å². The lowest BCUT2D eigenvalue weighted by Gasteiger charge is -2.18. The van der Waals surface area contributed by atoms with Crippen LogP contribution in [0, 0.1) is 0 Å². The second-order valence-corrected chi connectivity index (χ2v) is 6.92. The largest absolute Gasteiger partial charge is 0.508 e. The molecule has 3 rings (SSSR count). The maximum atomic E-state index is 12.3. The van der Waals surface area contributed by atoms with Crippen molar-refractivity contribution in [3.63, 3.8) is 0 Å². The zero-order chi connectivity index (χ0) is 14.2. The first-order chi connectivity index (χ1) is 9.58. The van der Waals surface area contributed by atoms with Crippen molar-refractivity contribution in [3.8, 4) is 5.75 Å². The van der Waals surface area contributed by atoms with Crippen molar-refractivity contribution in [2.24, 2.45) is 0 Å². The highest BCUT2D eigenvalue weighted by Gasteiger charge is 2.28. The highest BCUT2D eigenvalue weighted by molar-refractivity contribution is 7.91.